The van der Waals surface area contributed by atoms with Crippen LogP contribution >= 0.6 is 0 Å². The van der Waals surface area contributed by atoms with Crippen molar-refractivity contribution in [3.8, 4) is 0 Å². The van der Waals surface area contributed by atoms with Crippen LogP contribution in [0, 0.1) is 6.92 Å². The lowest BCUT2D eigenvalue weighted by Gasteiger charge is -2.18. The van der Waals surface area contributed by atoms with Gasteiger partial charge in [-0.25, -0.2) is 0 Å². The number of fused-ring (bicyclic) bond motifs is 1. The summed E-state index contributed by atoms with van der Waals surface area (Å²) in [5, 5.41) is 1.34. The maximum atomic E-state index is 3.27. The lowest BCUT2D eigenvalue weighted by Crippen LogP contribution is -2.10. The maximum Gasteiger partial charge on any atom is 0.0456 e. The van der Waals surface area contributed by atoms with Crippen LogP contribution in [0.5, 0.6) is 0 Å². The van der Waals surface area contributed by atoms with Gasteiger partial charge in [0.2, 0.25) is 0 Å². The van der Waals surface area contributed by atoms with Crippen molar-refractivity contribution in [2.75, 3.05) is 0 Å². The first-order valence-corrected chi connectivity index (χ1v) is 5.07. The zero-order chi connectivity index (χ0) is 10.3. The Morgan fingerprint density at radius 2 is 1.86 bits per heavy atom. The summed E-state index contributed by atoms with van der Waals surface area (Å²) in [5.41, 5.74) is 4.19. The van der Waals surface area contributed by atoms with E-state index in [1.165, 1.54) is 22.0 Å². The molecule has 2 aromatic rings. The summed E-state index contributed by atoms with van der Waals surface area (Å²) in [4.78, 5) is 3.27. The summed E-state index contributed by atoms with van der Waals surface area (Å²) < 4.78 is 0. The second-order valence-electron chi connectivity index (χ2n) is 4.98. The van der Waals surface area contributed by atoms with Gasteiger partial charge in [-0.05, 0) is 35.6 Å². The molecule has 0 aliphatic rings. The Balaban J connectivity index is 2.66. The topological polar surface area (TPSA) is 15.8 Å². The number of nitrogens with one attached hydrogen (secondary N) is 1. The molecule has 1 aromatic heterocycles. The molecule has 0 amide bonds. The molecule has 1 heterocycles. The molecule has 2 rings (SSSR count). The van der Waals surface area contributed by atoms with Gasteiger partial charge in [0.05, 0.1) is 0 Å². The Hall–Kier alpha value is -1.24. The lowest BCUT2D eigenvalue weighted by atomic mass is 9.86. The van der Waals surface area contributed by atoms with Gasteiger partial charge in [0.1, 0.15) is 0 Å². The molecule has 1 nitrogen and oxygen atoms in total. The average Bonchev–Trinajstić information content (AvgIpc) is 2.46. The van der Waals surface area contributed by atoms with Crippen LogP contribution in [0.1, 0.15) is 31.9 Å². The molecule has 0 atom stereocenters. The van der Waals surface area contributed by atoms with Crippen LogP contribution in [0.25, 0.3) is 10.9 Å². The molecule has 1 aromatic carbocycles. The van der Waals surface area contributed by atoms with Gasteiger partial charge in [-0.1, -0.05) is 26.8 Å². The number of benzene rings is 1. The highest BCUT2D eigenvalue weighted by Gasteiger charge is 2.14. The van der Waals surface area contributed by atoms with E-state index in [2.05, 4.69) is 57.1 Å². The predicted octanol–water partition coefficient (Wildman–Crippen LogP) is 3.77. The largest absolute Gasteiger partial charge is 0.361 e. The Morgan fingerprint density at radius 3 is 2.50 bits per heavy atom. The Bertz CT molecular complexity index is 458. The number of aryl methyl sites for hydroxylation is 1. The van der Waals surface area contributed by atoms with Crippen molar-refractivity contribution in [3.05, 3.63) is 35.5 Å². The fraction of sp³-hybridized carbons (Fsp3) is 0.385. The molecule has 0 unspecified atom stereocenters. The molecular weight excluding hydrogens is 170 g/mol. The van der Waals surface area contributed by atoms with E-state index in [0.29, 0.717) is 0 Å². The van der Waals surface area contributed by atoms with E-state index in [1.54, 1.807) is 0 Å². The smallest absolute Gasteiger partial charge is 0.0456 e. The van der Waals surface area contributed by atoms with Gasteiger partial charge in [0, 0.05) is 17.1 Å². The van der Waals surface area contributed by atoms with Crippen LogP contribution in [-0.2, 0) is 5.41 Å². The van der Waals surface area contributed by atoms with Crippen molar-refractivity contribution in [3.63, 3.8) is 0 Å². The van der Waals surface area contributed by atoms with E-state index in [9.17, 15) is 0 Å². The molecule has 0 saturated carbocycles. The number of rotatable bonds is 0. The van der Waals surface area contributed by atoms with E-state index in [4.69, 9.17) is 0 Å². The lowest BCUT2D eigenvalue weighted by molar-refractivity contribution is 0.591. The maximum absolute atomic E-state index is 3.27. The molecule has 0 spiro atoms. The number of hydrogen-bond donors (Lipinski definition) is 1. The Morgan fingerprint density at radius 1 is 1.14 bits per heavy atom. The monoisotopic (exact) mass is 187 g/mol. The first kappa shape index (κ1) is 9.32. The van der Waals surface area contributed by atoms with Crippen molar-refractivity contribution in [1.29, 1.82) is 0 Å². The zero-order valence-electron chi connectivity index (χ0n) is 9.31. The van der Waals surface area contributed by atoms with Crippen LogP contribution in [-0.4, -0.2) is 4.98 Å². The van der Waals surface area contributed by atoms with Gasteiger partial charge in [-0.3, -0.25) is 0 Å². The third-order valence-electron chi connectivity index (χ3n) is 2.75. The fourth-order valence-corrected chi connectivity index (χ4v) is 1.73. The molecule has 0 radical (unpaired) electrons. The molecule has 1 N–H and O–H groups in total. The van der Waals surface area contributed by atoms with Crippen molar-refractivity contribution in [2.45, 2.75) is 33.1 Å². The van der Waals surface area contributed by atoms with Gasteiger partial charge >= 0.3 is 0 Å². The van der Waals surface area contributed by atoms with Crippen LogP contribution in [0.15, 0.2) is 24.4 Å². The van der Waals surface area contributed by atoms with Crippen LogP contribution in [0.2, 0.25) is 0 Å². The van der Waals surface area contributed by atoms with E-state index in [-0.39, 0.29) is 5.41 Å². The molecule has 0 aliphatic heterocycles. The van der Waals surface area contributed by atoms with E-state index >= 15 is 0 Å². The fourth-order valence-electron chi connectivity index (χ4n) is 1.73. The van der Waals surface area contributed by atoms with Gasteiger partial charge < -0.3 is 4.98 Å². The molecule has 0 bridgehead atoms. The van der Waals surface area contributed by atoms with Crippen LogP contribution < -0.4 is 0 Å². The van der Waals surface area contributed by atoms with E-state index in [1.807, 2.05) is 0 Å². The second kappa shape index (κ2) is 2.88. The van der Waals surface area contributed by atoms with Gasteiger partial charge in [0.25, 0.3) is 0 Å². The summed E-state index contributed by atoms with van der Waals surface area (Å²) >= 11 is 0. The van der Waals surface area contributed by atoms with Crippen LogP contribution in [0.3, 0.4) is 0 Å². The standard InChI is InChI=1S/C13H17N/c1-9-8-14-12-6-5-10(7-11(9)12)13(2,3)4/h5-8,14H,1-4H3. The van der Waals surface area contributed by atoms with Crippen molar-refractivity contribution >= 4 is 10.9 Å². The Kier molecular flexibility index (Phi) is 1.91. The number of aromatic nitrogens is 1. The minimum absolute atomic E-state index is 0.234. The van der Waals surface area contributed by atoms with Crippen molar-refractivity contribution in [1.82, 2.24) is 4.98 Å². The molecule has 0 saturated heterocycles. The van der Waals surface area contributed by atoms with Crippen LogP contribution in [0.4, 0.5) is 0 Å². The van der Waals surface area contributed by atoms with Gasteiger partial charge in [0.15, 0.2) is 0 Å². The van der Waals surface area contributed by atoms with E-state index in [0.717, 1.165) is 0 Å². The normalized spacial score (nSPS) is 12.3. The van der Waals surface area contributed by atoms with E-state index < -0.39 is 0 Å². The molecular formula is C13H17N. The highest BCUT2D eigenvalue weighted by Crippen LogP contribution is 2.27. The quantitative estimate of drug-likeness (QED) is 0.646. The minimum atomic E-state index is 0.234. The number of aromatic amines is 1. The molecule has 0 fully saturated rings. The highest BCUT2D eigenvalue weighted by atomic mass is 14.7. The van der Waals surface area contributed by atoms with Gasteiger partial charge in [-0.15, -0.1) is 0 Å². The Labute approximate surface area is 85.1 Å². The predicted molar refractivity (Wildman–Crippen MR) is 61.7 cm³/mol. The third-order valence-corrected chi connectivity index (χ3v) is 2.75. The van der Waals surface area contributed by atoms with Crippen molar-refractivity contribution < 1.29 is 0 Å². The summed E-state index contributed by atoms with van der Waals surface area (Å²) in [6, 6.07) is 6.67. The highest BCUT2D eigenvalue weighted by molar-refractivity contribution is 5.83. The first-order chi connectivity index (χ1) is 6.48. The molecule has 0 aliphatic carbocycles. The number of hydrogen-bond acceptors (Lipinski definition) is 0. The second-order valence-corrected chi connectivity index (χ2v) is 4.98. The third kappa shape index (κ3) is 1.43. The summed E-state index contributed by atoms with van der Waals surface area (Å²) in [6.45, 7) is 8.88. The molecule has 1 heteroatoms. The molecule has 14 heavy (non-hydrogen) atoms. The van der Waals surface area contributed by atoms with Gasteiger partial charge in [-0.2, -0.15) is 0 Å². The molecule has 74 valence electrons. The van der Waals surface area contributed by atoms with Crippen molar-refractivity contribution in [2.24, 2.45) is 0 Å². The number of H-pyrrole nitrogens is 1. The summed E-state index contributed by atoms with van der Waals surface area (Å²) in [5.74, 6) is 0. The zero-order valence-corrected chi connectivity index (χ0v) is 9.31. The average molecular weight is 187 g/mol. The minimum Gasteiger partial charge on any atom is -0.361 e. The first-order valence-electron chi connectivity index (χ1n) is 5.07. The SMILES string of the molecule is Cc1c[nH]c2ccc(C(C)(C)C)cc12. The summed E-state index contributed by atoms with van der Waals surface area (Å²) in [6.07, 6.45) is 2.07. The summed E-state index contributed by atoms with van der Waals surface area (Å²) in [7, 11) is 0.